The lowest BCUT2D eigenvalue weighted by atomic mass is 9.62. The molecule has 0 saturated heterocycles. The van der Waals surface area contributed by atoms with E-state index in [0.29, 0.717) is 12.0 Å². The average Bonchev–Trinajstić information content (AvgIpc) is 2.36. The maximum Gasteiger partial charge on any atom is 0.166 e. The monoisotopic (exact) mass is 232 g/mol. The van der Waals surface area contributed by atoms with E-state index in [9.17, 15) is 9.18 Å². The van der Waals surface area contributed by atoms with Crippen LogP contribution >= 0.6 is 0 Å². The van der Waals surface area contributed by atoms with Gasteiger partial charge in [-0.15, -0.1) is 0 Å². The molecule has 1 fully saturated rings. The van der Waals surface area contributed by atoms with E-state index in [1.807, 2.05) is 6.07 Å². The molecule has 1 spiro atoms. The van der Waals surface area contributed by atoms with Gasteiger partial charge in [-0.05, 0) is 36.3 Å². The molecule has 1 saturated carbocycles. The summed E-state index contributed by atoms with van der Waals surface area (Å²) in [7, 11) is 0. The van der Waals surface area contributed by atoms with Gasteiger partial charge in [0.2, 0.25) is 0 Å². The Morgan fingerprint density at radius 2 is 1.82 bits per heavy atom. The van der Waals surface area contributed by atoms with E-state index < -0.39 is 0 Å². The molecule has 1 nitrogen and oxygen atoms in total. The third kappa shape index (κ3) is 1.62. The van der Waals surface area contributed by atoms with E-state index in [1.165, 1.54) is 25.3 Å². The summed E-state index contributed by atoms with van der Waals surface area (Å²) in [6, 6.07) is 5.14. The highest BCUT2D eigenvalue weighted by Crippen LogP contribution is 2.47. The van der Waals surface area contributed by atoms with Crippen LogP contribution in [0.4, 0.5) is 4.39 Å². The summed E-state index contributed by atoms with van der Waals surface area (Å²) < 4.78 is 13.8. The largest absolute Gasteiger partial charge is 0.294 e. The van der Waals surface area contributed by atoms with Gasteiger partial charge >= 0.3 is 0 Å². The Kier molecular flexibility index (Phi) is 2.53. The molecule has 0 heterocycles. The number of halogens is 1. The van der Waals surface area contributed by atoms with Gasteiger partial charge in [0, 0.05) is 6.42 Å². The number of benzene rings is 1. The molecule has 1 aromatic rings. The Morgan fingerprint density at radius 1 is 1.06 bits per heavy atom. The predicted molar refractivity (Wildman–Crippen MR) is 64.7 cm³/mol. The summed E-state index contributed by atoms with van der Waals surface area (Å²) in [6.45, 7) is 0. The number of hydrogen-bond acceptors (Lipinski definition) is 1. The molecule has 2 aliphatic carbocycles. The molecule has 17 heavy (non-hydrogen) atoms. The summed E-state index contributed by atoms with van der Waals surface area (Å²) in [5, 5.41) is 0. The fourth-order valence-corrected chi connectivity index (χ4v) is 3.61. The van der Waals surface area contributed by atoms with Crippen molar-refractivity contribution in [3.05, 3.63) is 35.1 Å². The smallest absolute Gasteiger partial charge is 0.166 e. The second-order valence-electron chi connectivity index (χ2n) is 5.43. The zero-order valence-corrected chi connectivity index (χ0v) is 9.97. The Balaban J connectivity index is 2.14. The fourth-order valence-electron chi connectivity index (χ4n) is 3.61. The molecular weight excluding hydrogens is 215 g/mol. The highest BCUT2D eigenvalue weighted by Gasteiger charge is 2.40. The molecular formula is C15H17FO. The van der Waals surface area contributed by atoms with Crippen molar-refractivity contribution in [2.45, 2.75) is 50.4 Å². The van der Waals surface area contributed by atoms with Crippen molar-refractivity contribution >= 4 is 5.78 Å². The van der Waals surface area contributed by atoms with Crippen molar-refractivity contribution in [3.8, 4) is 0 Å². The Morgan fingerprint density at radius 3 is 2.59 bits per heavy atom. The molecule has 0 unspecified atom stereocenters. The number of hydrogen-bond donors (Lipinski definition) is 0. The van der Waals surface area contributed by atoms with Gasteiger partial charge in [-0.1, -0.05) is 31.4 Å². The Hall–Kier alpha value is -1.18. The lowest BCUT2D eigenvalue weighted by molar-refractivity contribution is 0.0933. The van der Waals surface area contributed by atoms with Crippen molar-refractivity contribution in [1.82, 2.24) is 0 Å². The van der Waals surface area contributed by atoms with Gasteiger partial charge in [-0.25, -0.2) is 4.39 Å². The van der Waals surface area contributed by atoms with Crippen molar-refractivity contribution in [1.29, 1.82) is 0 Å². The zero-order chi connectivity index (χ0) is 11.9. The highest BCUT2D eigenvalue weighted by molar-refractivity contribution is 5.99. The van der Waals surface area contributed by atoms with Gasteiger partial charge < -0.3 is 0 Å². The second-order valence-corrected chi connectivity index (χ2v) is 5.43. The molecule has 1 aromatic carbocycles. The molecule has 2 heteroatoms. The standard InChI is InChI=1S/C15H17FO/c16-12-6-4-5-11-14(12)13(17)7-10-15(11)8-2-1-3-9-15/h4-6H,1-3,7-10H2. The van der Waals surface area contributed by atoms with Crippen LogP contribution < -0.4 is 0 Å². The molecule has 0 radical (unpaired) electrons. The van der Waals surface area contributed by atoms with Crippen LogP contribution in [0.1, 0.15) is 60.9 Å². The predicted octanol–water partition coefficient (Wildman–Crippen LogP) is 4.00. The minimum atomic E-state index is -0.322. The molecule has 0 N–H and O–H groups in total. The van der Waals surface area contributed by atoms with Crippen LogP contribution in [0.5, 0.6) is 0 Å². The van der Waals surface area contributed by atoms with Crippen LogP contribution in [0.25, 0.3) is 0 Å². The number of rotatable bonds is 0. The van der Waals surface area contributed by atoms with Crippen molar-refractivity contribution in [3.63, 3.8) is 0 Å². The highest BCUT2D eigenvalue weighted by atomic mass is 19.1. The summed E-state index contributed by atoms with van der Waals surface area (Å²) >= 11 is 0. The lowest BCUT2D eigenvalue weighted by Crippen LogP contribution is -2.35. The van der Waals surface area contributed by atoms with Crippen molar-refractivity contribution in [2.24, 2.45) is 0 Å². The average molecular weight is 232 g/mol. The SMILES string of the molecule is O=C1CCC2(CCCCC2)c2cccc(F)c21. The van der Waals surface area contributed by atoms with E-state index in [1.54, 1.807) is 6.07 Å². The molecule has 0 aliphatic heterocycles. The van der Waals surface area contributed by atoms with Crippen LogP contribution in [0.15, 0.2) is 18.2 Å². The van der Waals surface area contributed by atoms with Crippen LogP contribution in [-0.2, 0) is 5.41 Å². The number of fused-ring (bicyclic) bond motifs is 2. The van der Waals surface area contributed by atoms with Gasteiger partial charge in [0.05, 0.1) is 5.56 Å². The molecule has 0 atom stereocenters. The molecule has 0 bridgehead atoms. The molecule has 90 valence electrons. The third-order valence-corrected chi connectivity index (χ3v) is 4.51. The van der Waals surface area contributed by atoms with Gasteiger partial charge in [-0.3, -0.25) is 4.79 Å². The maximum absolute atomic E-state index is 13.8. The van der Waals surface area contributed by atoms with Crippen molar-refractivity contribution in [2.75, 3.05) is 0 Å². The Labute approximate surface area is 101 Å². The quantitative estimate of drug-likeness (QED) is 0.660. The van der Waals surface area contributed by atoms with Crippen molar-refractivity contribution < 1.29 is 9.18 Å². The maximum atomic E-state index is 13.8. The van der Waals surface area contributed by atoms with E-state index in [2.05, 4.69) is 0 Å². The van der Waals surface area contributed by atoms with Gasteiger partial charge in [0.15, 0.2) is 5.78 Å². The fraction of sp³-hybridized carbons (Fsp3) is 0.533. The summed E-state index contributed by atoms with van der Waals surface area (Å²) in [4.78, 5) is 11.9. The zero-order valence-electron chi connectivity index (χ0n) is 9.97. The van der Waals surface area contributed by atoms with Crippen LogP contribution in [-0.4, -0.2) is 5.78 Å². The number of carbonyl (C=O) groups excluding carboxylic acids is 1. The topological polar surface area (TPSA) is 17.1 Å². The number of carbonyl (C=O) groups is 1. The normalized spacial score (nSPS) is 22.5. The first-order valence-electron chi connectivity index (χ1n) is 6.55. The van der Waals surface area contributed by atoms with Crippen LogP contribution in [0.2, 0.25) is 0 Å². The van der Waals surface area contributed by atoms with Crippen LogP contribution in [0, 0.1) is 5.82 Å². The summed E-state index contributed by atoms with van der Waals surface area (Å²) in [6.07, 6.45) is 7.39. The van der Waals surface area contributed by atoms with Gasteiger partial charge in [-0.2, -0.15) is 0 Å². The van der Waals surface area contributed by atoms with E-state index in [-0.39, 0.29) is 17.0 Å². The Bertz CT molecular complexity index is 458. The molecule has 0 amide bonds. The first kappa shape index (κ1) is 10.9. The van der Waals surface area contributed by atoms with E-state index in [0.717, 1.165) is 24.8 Å². The summed E-state index contributed by atoms with van der Waals surface area (Å²) in [5.41, 5.74) is 1.48. The first-order valence-corrected chi connectivity index (χ1v) is 6.55. The molecule has 3 rings (SSSR count). The lowest BCUT2D eigenvalue weighted by Gasteiger charge is -2.41. The van der Waals surface area contributed by atoms with Crippen LogP contribution in [0.3, 0.4) is 0 Å². The first-order chi connectivity index (χ1) is 8.23. The third-order valence-electron chi connectivity index (χ3n) is 4.51. The van der Waals surface area contributed by atoms with Gasteiger partial charge in [0.25, 0.3) is 0 Å². The number of Topliss-reactive ketones (excluding diaryl/α,β-unsaturated/α-hetero) is 1. The minimum Gasteiger partial charge on any atom is -0.294 e. The van der Waals surface area contributed by atoms with E-state index >= 15 is 0 Å². The molecule has 2 aliphatic rings. The number of ketones is 1. The van der Waals surface area contributed by atoms with E-state index in [4.69, 9.17) is 0 Å². The van der Waals surface area contributed by atoms with Gasteiger partial charge in [0.1, 0.15) is 5.82 Å². The minimum absolute atomic E-state index is 0.00528. The second kappa shape index (κ2) is 3.94. The summed E-state index contributed by atoms with van der Waals surface area (Å²) in [5.74, 6) is -0.327. The molecule has 0 aromatic heterocycles.